The Balaban J connectivity index is 2.43. The van der Waals surface area contributed by atoms with E-state index in [2.05, 4.69) is 44.8 Å². The van der Waals surface area contributed by atoms with E-state index in [9.17, 15) is 0 Å². The first-order valence-electron chi connectivity index (χ1n) is 8.47. The molecule has 0 amide bonds. The summed E-state index contributed by atoms with van der Waals surface area (Å²) in [5.41, 5.74) is 1.19. The highest BCUT2D eigenvalue weighted by molar-refractivity contribution is 5.59. The molecular weight excluding hydrogens is 260 g/mol. The van der Waals surface area contributed by atoms with E-state index in [1.165, 1.54) is 31.2 Å². The highest BCUT2D eigenvalue weighted by Gasteiger charge is 2.25. The molecule has 1 aromatic rings. The summed E-state index contributed by atoms with van der Waals surface area (Å²) in [4.78, 5) is 12.1. The van der Waals surface area contributed by atoms with Crippen molar-refractivity contribution in [3.63, 3.8) is 0 Å². The minimum atomic E-state index is 0.351. The molecule has 4 heteroatoms. The number of nitrogens with one attached hydrogen (secondary N) is 1. The van der Waals surface area contributed by atoms with Crippen molar-refractivity contribution in [2.45, 2.75) is 72.3 Å². The second kappa shape index (κ2) is 7.10. The van der Waals surface area contributed by atoms with Crippen LogP contribution >= 0.6 is 0 Å². The fraction of sp³-hybridized carbons (Fsp3) is 0.765. The van der Waals surface area contributed by atoms with Gasteiger partial charge in [0.15, 0.2) is 0 Å². The SMILES string of the molecule is CCNc1nc(C(C)C)nc(N(CC)C2CCCC2)c1C. The maximum atomic E-state index is 4.91. The van der Waals surface area contributed by atoms with Crippen molar-refractivity contribution in [3.05, 3.63) is 11.4 Å². The van der Waals surface area contributed by atoms with Crippen LogP contribution in [-0.2, 0) is 0 Å². The van der Waals surface area contributed by atoms with Crippen LogP contribution in [0.15, 0.2) is 0 Å². The van der Waals surface area contributed by atoms with Gasteiger partial charge in [-0.1, -0.05) is 26.7 Å². The van der Waals surface area contributed by atoms with Crippen LogP contribution in [0.4, 0.5) is 11.6 Å². The van der Waals surface area contributed by atoms with Gasteiger partial charge in [0.2, 0.25) is 0 Å². The Kier molecular flexibility index (Phi) is 5.43. The van der Waals surface area contributed by atoms with E-state index in [4.69, 9.17) is 9.97 Å². The summed E-state index contributed by atoms with van der Waals surface area (Å²) in [5, 5.41) is 3.40. The van der Waals surface area contributed by atoms with Crippen molar-refractivity contribution >= 4 is 11.6 Å². The lowest BCUT2D eigenvalue weighted by molar-refractivity contribution is 0.606. The summed E-state index contributed by atoms with van der Waals surface area (Å²) in [5.74, 6) is 3.44. The normalized spacial score (nSPS) is 15.7. The van der Waals surface area contributed by atoms with E-state index in [1.807, 2.05) is 0 Å². The van der Waals surface area contributed by atoms with Crippen LogP contribution in [0, 0.1) is 6.92 Å². The van der Waals surface area contributed by atoms with Crippen LogP contribution in [0.25, 0.3) is 0 Å². The number of anilines is 2. The van der Waals surface area contributed by atoms with Gasteiger partial charge in [0.25, 0.3) is 0 Å². The molecule has 2 rings (SSSR count). The molecule has 0 radical (unpaired) electrons. The number of nitrogens with zero attached hydrogens (tertiary/aromatic N) is 3. The fourth-order valence-electron chi connectivity index (χ4n) is 3.20. The number of rotatable bonds is 6. The molecule has 0 aromatic carbocycles. The molecule has 0 atom stereocenters. The van der Waals surface area contributed by atoms with Crippen LogP contribution in [0.1, 0.15) is 70.7 Å². The van der Waals surface area contributed by atoms with Crippen LogP contribution in [0.5, 0.6) is 0 Å². The minimum Gasteiger partial charge on any atom is -0.370 e. The molecule has 1 heterocycles. The van der Waals surface area contributed by atoms with Crippen LogP contribution in [0.3, 0.4) is 0 Å². The molecular formula is C17H30N4. The second-order valence-electron chi connectivity index (χ2n) is 6.29. The van der Waals surface area contributed by atoms with E-state index < -0.39 is 0 Å². The number of hydrogen-bond acceptors (Lipinski definition) is 4. The summed E-state index contributed by atoms with van der Waals surface area (Å²) in [6, 6.07) is 0.651. The first-order valence-corrected chi connectivity index (χ1v) is 8.47. The Morgan fingerprint density at radius 2 is 1.86 bits per heavy atom. The zero-order valence-electron chi connectivity index (χ0n) is 14.2. The molecule has 0 spiro atoms. The Bertz CT molecular complexity index is 464. The van der Waals surface area contributed by atoms with E-state index in [0.717, 1.165) is 30.5 Å². The highest BCUT2D eigenvalue weighted by atomic mass is 15.2. The first kappa shape index (κ1) is 16.1. The van der Waals surface area contributed by atoms with E-state index in [-0.39, 0.29) is 0 Å². The van der Waals surface area contributed by atoms with Gasteiger partial charge in [-0.15, -0.1) is 0 Å². The van der Waals surface area contributed by atoms with Crippen molar-refractivity contribution in [1.29, 1.82) is 0 Å². The van der Waals surface area contributed by atoms with Gasteiger partial charge in [0.05, 0.1) is 0 Å². The summed E-state index contributed by atoms with van der Waals surface area (Å²) >= 11 is 0. The van der Waals surface area contributed by atoms with Gasteiger partial charge in [-0.05, 0) is 33.6 Å². The van der Waals surface area contributed by atoms with Gasteiger partial charge < -0.3 is 10.2 Å². The van der Waals surface area contributed by atoms with Crippen molar-refractivity contribution in [3.8, 4) is 0 Å². The van der Waals surface area contributed by atoms with Crippen LogP contribution in [-0.4, -0.2) is 29.1 Å². The van der Waals surface area contributed by atoms with Crippen molar-refractivity contribution in [1.82, 2.24) is 9.97 Å². The third-order valence-corrected chi connectivity index (χ3v) is 4.38. The van der Waals surface area contributed by atoms with Crippen molar-refractivity contribution < 1.29 is 0 Å². The van der Waals surface area contributed by atoms with Crippen LogP contribution in [0.2, 0.25) is 0 Å². The average Bonchev–Trinajstić information content (AvgIpc) is 2.97. The molecule has 0 saturated heterocycles. The van der Waals surface area contributed by atoms with E-state index in [1.54, 1.807) is 0 Å². The summed E-state index contributed by atoms with van der Waals surface area (Å²) in [6.45, 7) is 12.7. The smallest absolute Gasteiger partial charge is 0.137 e. The zero-order valence-corrected chi connectivity index (χ0v) is 14.2. The third kappa shape index (κ3) is 3.47. The Hall–Kier alpha value is -1.32. The summed E-state index contributed by atoms with van der Waals surface area (Å²) in [7, 11) is 0. The lowest BCUT2D eigenvalue weighted by Crippen LogP contribution is -2.35. The average molecular weight is 290 g/mol. The molecule has 1 aliphatic rings. The Labute approximate surface area is 129 Å². The topological polar surface area (TPSA) is 41.1 Å². The molecule has 1 fully saturated rings. The molecule has 0 aliphatic heterocycles. The Morgan fingerprint density at radius 1 is 1.19 bits per heavy atom. The molecule has 1 aromatic heterocycles. The Morgan fingerprint density at radius 3 is 2.38 bits per heavy atom. The third-order valence-electron chi connectivity index (χ3n) is 4.38. The monoisotopic (exact) mass is 290 g/mol. The van der Waals surface area contributed by atoms with Gasteiger partial charge in [-0.2, -0.15) is 0 Å². The maximum Gasteiger partial charge on any atom is 0.137 e. The summed E-state index contributed by atoms with van der Waals surface area (Å²) < 4.78 is 0. The van der Waals surface area contributed by atoms with Gasteiger partial charge in [0.1, 0.15) is 17.5 Å². The second-order valence-corrected chi connectivity index (χ2v) is 6.29. The molecule has 0 unspecified atom stereocenters. The first-order chi connectivity index (χ1) is 10.1. The van der Waals surface area contributed by atoms with Crippen molar-refractivity contribution in [2.24, 2.45) is 0 Å². The molecule has 1 aliphatic carbocycles. The molecule has 0 bridgehead atoms. The fourth-order valence-corrected chi connectivity index (χ4v) is 3.20. The van der Waals surface area contributed by atoms with Gasteiger partial charge in [0, 0.05) is 30.6 Å². The molecule has 4 nitrogen and oxygen atoms in total. The standard InChI is InChI=1S/C17H30N4/c1-6-18-16-13(5)17(20-15(19-16)12(3)4)21(7-2)14-10-8-9-11-14/h12,14H,6-11H2,1-5H3,(H,18,19,20). The van der Waals surface area contributed by atoms with Gasteiger partial charge in [-0.3, -0.25) is 0 Å². The molecule has 118 valence electrons. The summed E-state index contributed by atoms with van der Waals surface area (Å²) in [6.07, 6.45) is 5.29. The van der Waals surface area contributed by atoms with E-state index >= 15 is 0 Å². The number of hydrogen-bond donors (Lipinski definition) is 1. The van der Waals surface area contributed by atoms with Gasteiger partial charge >= 0.3 is 0 Å². The quantitative estimate of drug-likeness (QED) is 0.856. The number of aromatic nitrogens is 2. The van der Waals surface area contributed by atoms with Crippen molar-refractivity contribution in [2.75, 3.05) is 23.3 Å². The minimum absolute atomic E-state index is 0.351. The van der Waals surface area contributed by atoms with E-state index in [0.29, 0.717) is 12.0 Å². The van der Waals surface area contributed by atoms with Gasteiger partial charge in [-0.25, -0.2) is 9.97 Å². The molecule has 1 N–H and O–H groups in total. The lowest BCUT2D eigenvalue weighted by Gasteiger charge is -2.31. The largest absolute Gasteiger partial charge is 0.370 e. The molecule has 1 saturated carbocycles. The maximum absolute atomic E-state index is 4.91. The predicted octanol–water partition coefficient (Wildman–Crippen LogP) is 4.11. The molecule has 21 heavy (non-hydrogen) atoms. The van der Waals surface area contributed by atoms with Crippen LogP contribution < -0.4 is 10.2 Å². The predicted molar refractivity (Wildman–Crippen MR) is 90.3 cm³/mol. The lowest BCUT2D eigenvalue weighted by atomic mass is 10.1. The zero-order chi connectivity index (χ0) is 15.4. The highest BCUT2D eigenvalue weighted by Crippen LogP contribution is 2.32.